The fourth-order valence-electron chi connectivity index (χ4n) is 1.39. The number of halogens is 5. The van der Waals surface area contributed by atoms with E-state index < -0.39 is 17.2 Å². The van der Waals surface area contributed by atoms with Crippen LogP contribution in [0.15, 0.2) is 24.3 Å². The smallest absolute Gasteiger partial charge is 0.433 e. The van der Waals surface area contributed by atoms with Gasteiger partial charge in [0.05, 0.1) is 0 Å². The van der Waals surface area contributed by atoms with Gasteiger partial charge in [0, 0.05) is 11.1 Å². The molecule has 0 atom stereocenters. The Morgan fingerprint density at radius 2 is 1.80 bits per heavy atom. The van der Waals surface area contributed by atoms with Gasteiger partial charge in [-0.05, 0) is 36.2 Å². The zero-order valence-electron chi connectivity index (χ0n) is 10.0. The third-order valence-electron chi connectivity index (χ3n) is 2.33. The van der Waals surface area contributed by atoms with Crippen LogP contribution in [0.4, 0.5) is 13.2 Å². The van der Waals surface area contributed by atoms with Crippen molar-refractivity contribution in [1.29, 1.82) is 0 Å². The zero-order chi connectivity index (χ0) is 14.9. The summed E-state index contributed by atoms with van der Waals surface area (Å²) in [4.78, 5) is 6.71. The molecule has 0 bridgehead atoms. The summed E-state index contributed by atoms with van der Waals surface area (Å²) in [5, 5.41) is -0.156. The van der Waals surface area contributed by atoms with Gasteiger partial charge in [0.1, 0.15) is 5.75 Å². The minimum absolute atomic E-state index is 0.292. The average Bonchev–Trinajstić information content (AvgIpc) is 2.32. The highest BCUT2D eigenvalue weighted by Gasteiger charge is 2.34. The van der Waals surface area contributed by atoms with E-state index in [2.05, 4.69) is 9.97 Å². The van der Waals surface area contributed by atoms with E-state index in [9.17, 15) is 13.2 Å². The predicted octanol–water partition coefficient (Wildman–Crippen LogP) is 4.90. The highest BCUT2D eigenvalue weighted by molar-refractivity contribution is 6.30. The Bertz CT molecular complexity index is 647. The van der Waals surface area contributed by atoms with E-state index in [0.717, 1.165) is 0 Å². The van der Waals surface area contributed by atoms with Gasteiger partial charge in [0.25, 0.3) is 0 Å². The number of aromatic nitrogens is 2. The molecule has 0 radical (unpaired) electrons. The Morgan fingerprint density at radius 1 is 1.10 bits per heavy atom. The number of rotatable bonds is 2. The molecule has 2 aromatic rings. The number of aryl methyl sites for hydroxylation is 1. The quantitative estimate of drug-likeness (QED) is 0.737. The first kappa shape index (κ1) is 14.9. The second kappa shape index (κ2) is 5.46. The van der Waals surface area contributed by atoms with E-state index >= 15 is 0 Å². The lowest BCUT2D eigenvalue weighted by Gasteiger charge is -2.10. The van der Waals surface area contributed by atoms with Gasteiger partial charge in [-0.3, -0.25) is 0 Å². The van der Waals surface area contributed by atoms with Crippen LogP contribution in [-0.4, -0.2) is 9.97 Å². The SMILES string of the molecule is Cc1ccc(Cl)cc1Oc1cc(C(F)(F)F)nc(Cl)n1. The molecule has 0 aliphatic rings. The topological polar surface area (TPSA) is 35.0 Å². The maximum Gasteiger partial charge on any atom is 0.433 e. The monoisotopic (exact) mass is 322 g/mol. The minimum atomic E-state index is -4.63. The molecular weight excluding hydrogens is 316 g/mol. The first-order valence-corrected chi connectivity index (χ1v) is 6.07. The van der Waals surface area contributed by atoms with Crippen LogP contribution in [0.3, 0.4) is 0 Å². The Morgan fingerprint density at radius 3 is 2.45 bits per heavy atom. The second-order valence-electron chi connectivity index (χ2n) is 3.87. The summed E-state index contributed by atoms with van der Waals surface area (Å²) >= 11 is 11.3. The van der Waals surface area contributed by atoms with Crippen molar-refractivity contribution in [3.63, 3.8) is 0 Å². The Balaban J connectivity index is 2.39. The van der Waals surface area contributed by atoms with Crippen molar-refractivity contribution in [3.8, 4) is 11.6 Å². The number of hydrogen-bond acceptors (Lipinski definition) is 3. The standard InChI is InChI=1S/C12H7Cl2F3N2O/c1-6-2-3-7(13)4-8(6)20-10-5-9(12(15,16)17)18-11(14)19-10/h2-5H,1H3. The number of alkyl halides is 3. The van der Waals surface area contributed by atoms with Crippen LogP contribution in [0.2, 0.25) is 10.3 Å². The van der Waals surface area contributed by atoms with Gasteiger partial charge in [-0.15, -0.1) is 0 Å². The van der Waals surface area contributed by atoms with Gasteiger partial charge in [0.2, 0.25) is 11.2 Å². The molecule has 1 aromatic carbocycles. The highest BCUT2D eigenvalue weighted by Crippen LogP contribution is 2.32. The van der Waals surface area contributed by atoms with Crippen molar-refractivity contribution < 1.29 is 17.9 Å². The van der Waals surface area contributed by atoms with Crippen molar-refractivity contribution in [2.45, 2.75) is 13.1 Å². The fraction of sp³-hybridized carbons (Fsp3) is 0.167. The zero-order valence-corrected chi connectivity index (χ0v) is 11.5. The van der Waals surface area contributed by atoms with Crippen molar-refractivity contribution in [3.05, 3.63) is 45.8 Å². The molecule has 0 saturated heterocycles. The molecule has 8 heteroatoms. The molecule has 0 saturated carbocycles. The Hall–Kier alpha value is -1.53. The third kappa shape index (κ3) is 3.52. The molecule has 0 fully saturated rings. The van der Waals surface area contributed by atoms with Crippen molar-refractivity contribution in [1.82, 2.24) is 9.97 Å². The van der Waals surface area contributed by atoms with Crippen molar-refractivity contribution in [2.75, 3.05) is 0 Å². The minimum Gasteiger partial charge on any atom is -0.439 e. The van der Waals surface area contributed by atoms with Crippen LogP contribution in [0.25, 0.3) is 0 Å². The molecule has 0 spiro atoms. The third-order valence-corrected chi connectivity index (χ3v) is 2.73. The summed E-state index contributed by atoms with van der Waals surface area (Å²) in [6.45, 7) is 1.72. The van der Waals surface area contributed by atoms with Crippen LogP contribution in [-0.2, 0) is 6.18 Å². The molecule has 0 aliphatic heterocycles. The summed E-state index contributed by atoms with van der Waals surface area (Å²) in [5.74, 6) is -0.0110. The lowest BCUT2D eigenvalue weighted by molar-refractivity contribution is -0.141. The van der Waals surface area contributed by atoms with E-state index in [4.69, 9.17) is 27.9 Å². The lowest BCUT2D eigenvalue weighted by Crippen LogP contribution is -2.09. The van der Waals surface area contributed by atoms with Gasteiger partial charge in [-0.1, -0.05) is 17.7 Å². The summed E-state index contributed by atoms with van der Waals surface area (Å²) in [7, 11) is 0. The van der Waals surface area contributed by atoms with Gasteiger partial charge < -0.3 is 4.74 Å². The first-order chi connectivity index (χ1) is 9.25. The van der Waals surface area contributed by atoms with E-state index in [-0.39, 0.29) is 5.88 Å². The summed E-state index contributed by atoms with van der Waals surface area (Å²) < 4.78 is 43.1. The molecular formula is C12H7Cl2F3N2O. The Kier molecular flexibility index (Phi) is 4.06. The van der Waals surface area contributed by atoms with Crippen molar-refractivity contribution >= 4 is 23.2 Å². The lowest BCUT2D eigenvalue weighted by atomic mass is 10.2. The number of hydrogen-bond donors (Lipinski definition) is 0. The van der Waals surface area contributed by atoms with Gasteiger partial charge in [-0.25, -0.2) is 4.98 Å². The normalized spacial score (nSPS) is 11.5. The molecule has 1 heterocycles. The van der Waals surface area contributed by atoms with Crippen LogP contribution in [0, 0.1) is 6.92 Å². The number of ether oxygens (including phenoxy) is 1. The Labute approximate surface area is 122 Å². The van der Waals surface area contributed by atoms with E-state index in [1.807, 2.05) is 0 Å². The molecule has 0 unspecified atom stereocenters. The molecule has 2 rings (SSSR count). The fourth-order valence-corrected chi connectivity index (χ4v) is 1.73. The molecule has 3 nitrogen and oxygen atoms in total. The second-order valence-corrected chi connectivity index (χ2v) is 4.64. The van der Waals surface area contributed by atoms with E-state index in [1.165, 1.54) is 6.07 Å². The largest absolute Gasteiger partial charge is 0.439 e. The summed E-state index contributed by atoms with van der Waals surface area (Å²) in [6.07, 6.45) is -4.63. The number of benzene rings is 1. The molecule has 106 valence electrons. The van der Waals surface area contributed by atoms with E-state index in [1.54, 1.807) is 19.1 Å². The molecule has 0 N–H and O–H groups in total. The molecule has 20 heavy (non-hydrogen) atoms. The number of nitrogens with zero attached hydrogens (tertiary/aromatic N) is 2. The average molecular weight is 323 g/mol. The van der Waals surface area contributed by atoms with Crippen LogP contribution in [0.5, 0.6) is 11.6 Å². The highest BCUT2D eigenvalue weighted by atomic mass is 35.5. The summed E-state index contributed by atoms with van der Waals surface area (Å²) in [5.41, 5.74) is -0.482. The maximum atomic E-state index is 12.6. The molecule has 0 aliphatic carbocycles. The van der Waals surface area contributed by atoms with Gasteiger partial charge in [0.15, 0.2) is 5.69 Å². The van der Waals surface area contributed by atoms with E-state index in [0.29, 0.717) is 22.4 Å². The predicted molar refractivity (Wildman–Crippen MR) is 68.3 cm³/mol. The maximum absolute atomic E-state index is 12.6. The van der Waals surface area contributed by atoms with Gasteiger partial charge >= 0.3 is 6.18 Å². The summed E-state index contributed by atoms with van der Waals surface area (Å²) in [6, 6.07) is 5.45. The van der Waals surface area contributed by atoms with Gasteiger partial charge in [-0.2, -0.15) is 18.2 Å². The van der Waals surface area contributed by atoms with Crippen LogP contribution >= 0.6 is 23.2 Å². The molecule has 0 amide bonds. The van der Waals surface area contributed by atoms with Crippen LogP contribution < -0.4 is 4.74 Å². The molecule has 1 aromatic heterocycles. The van der Waals surface area contributed by atoms with Crippen LogP contribution in [0.1, 0.15) is 11.3 Å². The first-order valence-electron chi connectivity index (χ1n) is 5.31. The van der Waals surface area contributed by atoms with Crippen molar-refractivity contribution in [2.24, 2.45) is 0 Å².